The van der Waals surface area contributed by atoms with E-state index in [0.29, 0.717) is 31.6 Å². The zero-order chi connectivity index (χ0) is 14.1. The first-order valence-corrected chi connectivity index (χ1v) is 6.98. The molecule has 0 bridgehead atoms. The average Bonchev–Trinajstić information content (AvgIpc) is 2.89. The minimum absolute atomic E-state index is 0.0528. The molecule has 1 amide bonds. The van der Waals surface area contributed by atoms with Gasteiger partial charge in [0.2, 0.25) is 5.91 Å². The van der Waals surface area contributed by atoms with Gasteiger partial charge in [-0.1, -0.05) is 12.8 Å². The summed E-state index contributed by atoms with van der Waals surface area (Å²) in [6.45, 7) is 0. The summed E-state index contributed by atoms with van der Waals surface area (Å²) in [6, 6.07) is -0.563. The highest BCUT2D eigenvalue weighted by Crippen LogP contribution is 2.27. The smallest absolute Gasteiger partial charge is 0.328 e. The van der Waals surface area contributed by atoms with Crippen molar-refractivity contribution < 1.29 is 14.3 Å². The fourth-order valence-electron chi connectivity index (χ4n) is 2.53. The molecule has 1 atom stereocenters. The van der Waals surface area contributed by atoms with Crippen LogP contribution in [0.25, 0.3) is 0 Å². The van der Waals surface area contributed by atoms with Crippen molar-refractivity contribution in [2.45, 2.75) is 57.4 Å². The van der Waals surface area contributed by atoms with Gasteiger partial charge in [-0.2, -0.15) is 0 Å². The third-order valence-corrected chi connectivity index (χ3v) is 3.58. The molecule has 0 aromatic carbocycles. The quantitative estimate of drug-likeness (QED) is 0.435. The van der Waals surface area contributed by atoms with Crippen molar-refractivity contribution in [3.05, 3.63) is 0 Å². The molecular weight excluding hydrogens is 242 g/mol. The van der Waals surface area contributed by atoms with Gasteiger partial charge in [0.1, 0.15) is 6.04 Å². The Morgan fingerprint density at radius 3 is 2.68 bits per heavy atom. The maximum atomic E-state index is 11.9. The normalized spacial score (nSPS) is 16.6. The number of hydrogen-bond donors (Lipinski definition) is 1. The topological polar surface area (TPSA) is 55.4 Å². The van der Waals surface area contributed by atoms with Gasteiger partial charge in [0.25, 0.3) is 0 Å². The molecule has 4 heteroatoms. The largest absolute Gasteiger partial charge is 0.467 e. The molecule has 1 N–H and O–H groups in total. The van der Waals surface area contributed by atoms with Crippen molar-refractivity contribution in [3.63, 3.8) is 0 Å². The highest BCUT2D eigenvalue weighted by atomic mass is 16.5. The molecule has 1 saturated carbocycles. The lowest BCUT2D eigenvalue weighted by Crippen LogP contribution is -2.42. The monoisotopic (exact) mass is 265 g/mol. The fraction of sp³-hybridized carbons (Fsp3) is 0.733. The van der Waals surface area contributed by atoms with Crippen LogP contribution in [0.4, 0.5) is 0 Å². The van der Waals surface area contributed by atoms with Crippen molar-refractivity contribution in [3.8, 4) is 12.3 Å². The SMILES string of the molecule is C#CCCC[C@@H](NC(=O)CC1CCCC1)C(=O)OC. The predicted octanol–water partition coefficient (Wildman–Crippen LogP) is 2.03. The Kier molecular flexibility index (Phi) is 7.02. The summed E-state index contributed by atoms with van der Waals surface area (Å²) >= 11 is 0. The van der Waals surface area contributed by atoms with Crippen molar-refractivity contribution in [1.29, 1.82) is 0 Å². The van der Waals surface area contributed by atoms with E-state index in [1.165, 1.54) is 20.0 Å². The summed E-state index contributed by atoms with van der Waals surface area (Å²) in [5.74, 6) is 2.56. The highest BCUT2D eigenvalue weighted by molar-refractivity contribution is 5.84. The molecule has 1 fully saturated rings. The van der Waals surface area contributed by atoms with Crippen LogP contribution in [0.3, 0.4) is 0 Å². The lowest BCUT2D eigenvalue weighted by Gasteiger charge is -2.17. The number of rotatable bonds is 7. The van der Waals surface area contributed by atoms with Crippen molar-refractivity contribution >= 4 is 11.9 Å². The van der Waals surface area contributed by atoms with Gasteiger partial charge in [-0.15, -0.1) is 12.3 Å². The molecule has 0 aromatic heterocycles. The molecule has 0 aliphatic heterocycles. The van der Waals surface area contributed by atoms with Crippen LogP contribution >= 0.6 is 0 Å². The molecule has 1 rings (SSSR count). The van der Waals surface area contributed by atoms with Gasteiger partial charge in [0.15, 0.2) is 0 Å². The summed E-state index contributed by atoms with van der Waals surface area (Å²) in [4.78, 5) is 23.5. The Bertz CT molecular complexity index is 340. The summed E-state index contributed by atoms with van der Waals surface area (Å²) in [6.07, 6.45) is 12.2. The maximum absolute atomic E-state index is 11.9. The molecule has 1 aliphatic rings. The van der Waals surface area contributed by atoms with Crippen LogP contribution in [-0.4, -0.2) is 25.0 Å². The van der Waals surface area contributed by atoms with Gasteiger partial charge >= 0.3 is 5.97 Å². The van der Waals surface area contributed by atoms with E-state index < -0.39 is 12.0 Å². The van der Waals surface area contributed by atoms with Gasteiger partial charge in [0, 0.05) is 12.8 Å². The fourth-order valence-corrected chi connectivity index (χ4v) is 2.53. The highest BCUT2D eigenvalue weighted by Gasteiger charge is 2.24. The second kappa shape index (κ2) is 8.58. The second-order valence-corrected chi connectivity index (χ2v) is 5.09. The molecule has 0 saturated heterocycles. The van der Waals surface area contributed by atoms with Crippen LogP contribution in [0.1, 0.15) is 51.4 Å². The maximum Gasteiger partial charge on any atom is 0.328 e. The first kappa shape index (κ1) is 15.6. The number of ether oxygens (including phenoxy) is 1. The van der Waals surface area contributed by atoms with E-state index in [0.717, 1.165) is 12.8 Å². The molecule has 0 radical (unpaired) electrons. The molecule has 106 valence electrons. The Balaban J connectivity index is 2.39. The van der Waals surface area contributed by atoms with Crippen LogP contribution in [0.2, 0.25) is 0 Å². The number of nitrogens with one attached hydrogen (secondary N) is 1. The number of terminal acetylenes is 1. The van der Waals surface area contributed by atoms with Crippen LogP contribution in [0.15, 0.2) is 0 Å². The lowest BCUT2D eigenvalue weighted by atomic mass is 10.0. The minimum Gasteiger partial charge on any atom is -0.467 e. The van der Waals surface area contributed by atoms with Crippen LogP contribution in [0, 0.1) is 18.3 Å². The van der Waals surface area contributed by atoms with E-state index in [9.17, 15) is 9.59 Å². The van der Waals surface area contributed by atoms with E-state index >= 15 is 0 Å². The van der Waals surface area contributed by atoms with E-state index in [4.69, 9.17) is 11.2 Å². The molecular formula is C15H23NO3. The zero-order valence-corrected chi connectivity index (χ0v) is 11.6. The van der Waals surface area contributed by atoms with Gasteiger partial charge in [-0.05, 0) is 31.6 Å². The second-order valence-electron chi connectivity index (χ2n) is 5.09. The summed E-state index contributed by atoms with van der Waals surface area (Å²) in [7, 11) is 1.33. The van der Waals surface area contributed by atoms with Gasteiger partial charge in [-0.25, -0.2) is 4.79 Å². The summed E-state index contributed by atoms with van der Waals surface area (Å²) in [5, 5.41) is 2.77. The Morgan fingerprint density at radius 1 is 1.42 bits per heavy atom. The number of carbonyl (C=O) groups is 2. The molecule has 0 unspecified atom stereocenters. The van der Waals surface area contributed by atoms with E-state index in [1.54, 1.807) is 0 Å². The van der Waals surface area contributed by atoms with Gasteiger partial charge in [-0.3, -0.25) is 4.79 Å². The predicted molar refractivity (Wildman–Crippen MR) is 73.2 cm³/mol. The number of carbonyl (C=O) groups excluding carboxylic acids is 2. The van der Waals surface area contributed by atoms with Crippen LogP contribution in [0.5, 0.6) is 0 Å². The van der Waals surface area contributed by atoms with E-state index in [1.807, 2.05) is 0 Å². The third-order valence-electron chi connectivity index (χ3n) is 3.58. The summed E-state index contributed by atoms with van der Waals surface area (Å²) in [5.41, 5.74) is 0. The van der Waals surface area contributed by atoms with Gasteiger partial charge < -0.3 is 10.1 Å². The van der Waals surface area contributed by atoms with Crippen molar-refractivity contribution in [2.24, 2.45) is 5.92 Å². The summed E-state index contributed by atoms with van der Waals surface area (Å²) < 4.78 is 4.71. The van der Waals surface area contributed by atoms with Crippen LogP contribution in [-0.2, 0) is 14.3 Å². The van der Waals surface area contributed by atoms with E-state index in [2.05, 4.69) is 11.2 Å². The Labute approximate surface area is 115 Å². The minimum atomic E-state index is -0.563. The molecule has 1 aliphatic carbocycles. The Hall–Kier alpha value is -1.50. The number of esters is 1. The first-order valence-electron chi connectivity index (χ1n) is 6.98. The Morgan fingerprint density at radius 2 is 2.11 bits per heavy atom. The number of hydrogen-bond acceptors (Lipinski definition) is 3. The van der Waals surface area contributed by atoms with Gasteiger partial charge in [0.05, 0.1) is 7.11 Å². The van der Waals surface area contributed by atoms with Crippen LogP contribution < -0.4 is 5.32 Å². The molecule has 0 spiro atoms. The molecule has 0 heterocycles. The molecule has 4 nitrogen and oxygen atoms in total. The number of unbranched alkanes of at least 4 members (excludes halogenated alkanes) is 1. The third kappa shape index (κ3) is 5.78. The van der Waals surface area contributed by atoms with Crippen molar-refractivity contribution in [1.82, 2.24) is 5.32 Å². The zero-order valence-electron chi connectivity index (χ0n) is 11.6. The number of methoxy groups -OCH3 is 1. The van der Waals surface area contributed by atoms with Crippen molar-refractivity contribution in [2.75, 3.05) is 7.11 Å². The van der Waals surface area contributed by atoms with E-state index in [-0.39, 0.29) is 5.91 Å². The number of amides is 1. The lowest BCUT2D eigenvalue weighted by molar-refractivity contribution is -0.145. The molecule has 19 heavy (non-hydrogen) atoms. The molecule has 0 aromatic rings. The average molecular weight is 265 g/mol. The standard InChI is InChI=1S/C15H23NO3/c1-3-4-5-10-13(15(18)19-2)16-14(17)11-12-8-6-7-9-12/h1,12-13H,4-11H2,2H3,(H,16,17)/t13-/m1/s1. The first-order chi connectivity index (χ1) is 9.17.